The molecule has 118 valence electrons. The third-order valence-electron chi connectivity index (χ3n) is 2.54. The molecule has 20 heavy (non-hydrogen) atoms. The van der Waals surface area contributed by atoms with Crippen molar-refractivity contribution >= 4 is 21.8 Å². The van der Waals surface area contributed by atoms with E-state index < -0.39 is 33.8 Å². The lowest BCUT2D eigenvalue weighted by Gasteiger charge is -2.17. The molecule has 0 aromatic rings. The van der Waals surface area contributed by atoms with Gasteiger partial charge in [0.15, 0.2) is 0 Å². The molecule has 0 bridgehead atoms. The number of carbonyl (C=O) groups excluding carboxylic acids is 1. The van der Waals surface area contributed by atoms with E-state index in [-0.39, 0.29) is 18.2 Å². The Bertz CT molecular complexity index is 433. The number of urea groups is 1. The van der Waals surface area contributed by atoms with E-state index in [4.69, 9.17) is 5.11 Å². The lowest BCUT2D eigenvalue weighted by molar-refractivity contribution is -0.142. The van der Waals surface area contributed by atoms with Crippen molar-refractivity contribution in [2.75, 3.05) is 18.6 Å². The van der Waals surface area contributed by atoms with Gasteiger partial charge in [-0.05, 0) is 19.3 Å². The Hall–Kier alpha value is -1.31. The van der Waals surface area contributed by atoms with Gasteiger partial charge in [-0.1, -0.05) is 13.8 Å². The lowest BCUT2D eigenvalue weighted by Crippen LogP contribution is -2.45. The Morgan fingerprint density at radius 3 is 2.15 bits per heavy atom. The number of carboxylic acid groups (broad SMARTS) is 1. The van der Waals surface area contributed by atoms with Gasteiger partial charge in [0.05, 0.1) is 11.7 Å². The number of hydrogen-bond donors (Lipinski definition) is 3. The van der Waals surface area contributed by atoms with Gasteiger partial charge in [0, 0.05) is 18.8 Å². The van der Waals surface area contributed by atoms with Crippen molar-refractivity contribution in [2.45, 2.75) is 33.2 Å². The van der Waals surface area contributed by atoms with Crippen LogP contribution in [0.15, 0.2) is 0 Å². The zero-order valence-corrected chi connectivity index (χ0v) is 13.2. The fraction of sp³-hybridized carbons (Fsp3) is 0.833. The highest BCUT2D eigenvalue weighted by molar-refractivity contribution is 7.90. The predicted octanol–water partition coefficient (Wildman–Crippen LogP) is 0.466. The molecule has 0 aromatic heterocycles. The van der Waals surface area contributed by atoms with Crippen LogP contribution in [0.1, 0.15) is 27.2 Å². The van der Waals surface area contributed by atoms with E-state index in [1.165, 1.54) is 0 Å². The summed E-state index contributed by atoms with van der Waals surface area (Å²) in [6, 6.07) is -1.09. The van der Waals surface area contributed by atoms with Gasteiger partial charge in [0.25, 0.3) is 0 Å². The van der Waals surface area contributed by atoms with Crippen LogP contribution in [-0.4, -0.2) is 50.1 Å². The molecule has 0 heterocycles. The molecular weight excluding hydrogens is 284 g/mol. The van der Waals surface area contributed by atoms with Crippen molar-refractivity contribution in [1.82, 2.24) is 10.6 Å². The van der Waals surface area contributed by atoms with Crippen molar-refractivity contribution in [3.63, 3.8) is 0 Å². The maximum absolute atomic E-state index is 11.5. The summed E-state index contributed by atoms with van der Waals surface area (Å²) >= 11 is 0. The quantitative estimate of drug-likeness (QED) is 0.603. The van der Waals surface area contributed by atoms with Gasteiger partial charge in [-0.3, -0.25) is 4.79 Å². The van der Waals surface area contributed by atoms with E-state index in [0.717, 1.165) is 6.26 Å². The molecule has 0 fully saturated rings. The van der Waals surface area contributed by atoms with Gasteiger partial charge in [0.1, 0.15) is 9.84 Å². The van der Waals surface area contributed by atoms with Crippen LogP contribution in [0.2, 0.25) is 0 Å². The molecule has 2 amide bonds. The molecule has 0 saturated carbocycles. The molecule has 0 spiro atoms. The zero-order valence-electron chi connectivity index (χ0n) is 12.3. The van der Waals surface area contributed by atoms with Gasteiger partial charge in [-0.15, -0.1) is 0 Å². The number of hydrogen-bond acceptors (Lipinski definition) is 4. The Morgan fingerprint density at radius 1 is 1.20 bits per heavy atom. The number of amides is 2. The van der Waals surface area contributed by atoms with E-state index in [9.17, 15) is 18.0 Å². The van der Waals surface area contributed by atoms with Gasteiger partial charge < -0.3 is 15.7 Å². The maximum atomic E-state index is 11.5. The molecular formula is C12H24N2O5S. The van der Waals surface area contributed by atoms with Crippen LogP contribution in [0, 0.1) is 11.8 Å². The minimum absolute atomic E-state index is 0.0188. The zero-order chi connectivity index (χ0) is 15.9. The minimum atomic E-state index is -3.17. The number of rotatable bonds is 8. The largest absolute Gasteiger partial charge is 0.481 e. The number of carbonyl (C=O) groups is 2. The molecule has 8 heteroatoms. The Kier molecular flexibility index (Phi) is 7.55. The number of aliphatic carboxylic acids is 1. The SMILES string of the molecule is CC(C)CC(CNC(=O)NC(C)CS(C)(=O)=O)C(=O)O. The van der Waals surface area contributed by atoms with E-state index in [1.807, 2.05) is 13.8 Å². The van der Waals surface area contributed by atoms with Crippen LogP contribution in [0.25, 0.3) is 0 Å². The molecule has 0 aliphatic carbocycles. The third-order valence-corrected chi connectivity index (χ3v) is 3.65. The molecule has 2 atom stereocenters. The second-order valence-corrected chi connectivity index (χ2v) is 7.70. The monoisotopic (exact) mass is 308 g/mol. The smallest absolute Gasteiger partial charge is 0.315 e. The number of nitrogens with one attached hydrogen (secondary N) is 2. The van der Waals surface area contributed by atoms with E-state index in [0.29, 0.717) is 6.42 Å². The van der Waals surface area contributed by atoms with Crippen LogP contribution in [-0.2, 0) is 14.6 Å². The van der Waals surface area contributed by atoms with Crippen molar-refractivity contribution in [1.29, 1.82) is 0 Å². The highest BCUT2D eigenvalue weighted by atomic mass is 32.2. The molecule has 3 N–H and O–H groups in total. The summed E-state index contributed by atoms with van der Waals surface area (Å²) in [5.74, 6) is -1.55. The Balaban J connectivity index is 4.23. The molecule has 0 aliphatic heterocycles. The first-order valence-electron chi connectivity index (χ1n) is 6.46. The van der Waals surface area contributed by atoms with Crippen molar-refractivity contribution in [2.24, 2.45) is 11.8 Å². The summed E-state index contributed by atoms with van der Waals surface area (Å²) in [4.78, 5) is 22.5. The van der Waals surface area contributed by atoms with Crippen LogP contribution in [0.5, 0.6) is 0 Å². The molecule has 0 rings (SSSR count). The Labute approximate surface area is 120 Å². The fourth-order valence-electron chi connectivity index (χ4n) is 1.83. The summed E-state index contributed by atoms with van der Waals surface area (Å²) in [6.07, 6.45) is 1.56. The fourth-order valence-corrected chi connectivity index (χ4v) is 2.82. The van der Waals surface area contributed by atoms with Crippen LogP contribution in [0.4, 0.5) is 4.79 Å². The predicted molar refractivity (Wildman–Crippen MR) is 76.3 cm³/mol. The van der Waals surface area contributed by atoms with Crippen LogP contribution in [0.3, 0.4) is 0 Å². The summed E-state index contributed by atoms with van der Waals surface area (Å²) in [5.41, 5.74) is 0. The summed E-state index contributed by atoms with van der Waals surface area (Å²) in [5, 5.41) is 13.9. The molecule has 0 aromatic carbocycles. The third kappa shape index (κ3) is 9.60. The highest BCUT2D eigenvalue weighted by Crippen LogP contribution is 2.10. The minimum Gasteiger partial charge on any atom is -0.481 e. The van der Waals surface area contributed by atoms with Gasteiger partial charge in [-0.2, -0.15) is 0 Å². The first kappa shape index (κ1) is 18.7. The van der Waals surface area contributed by atoms with Crippen molar-refractivity contribution in [3.05, 3.63) is 0 Å². The van der Waals surface area contributed by atoms with E-state index in [1.54, 1.807) is 6.92 Å². The van der Waals surface area contributed by atoms with E-state index >= 15 is 0 Å². The summed E-state index contributed by atoms with van der Waals surface area (Å²) in [6.45, 7) is 5.41. The van der Waals surface area contributed by atoms with Crippen LogP contribution < -0.4 is 10.6 Å². The highest BCUT2D eigenvalue weighted by Gasteiger charge is 2.20. The molecule has 0 saturated heterocycles. The topological polar surface area (TPSA) is 113 Å². The lowest BCUT2D eigenvalue weighted by atomic mass is 9.97. The molecule has 0 radical (unpaired) electrons. The van der Waals surface area contributed by atoms with Crippen molar-refractivity contribution < 1.29 is 23.1 Å². The van der Waals surface area contributed by atoms with Gasteiger partial charge >= 0.3 is 12.0 Å². The second kappa shape index (κ2) is 8.08. The molecule has 0 aliphatic rings. The molecule has 7 nitrogen and oxygen atoms in total. The standard InChI is InChI=1S/C12H24N2O5S/c1-8(2)5-10(11(15)16)6-13-12(17)14-9(3)7-20(4,18)19/h8-10H,5-7H2,1-4H3,(H,15,16)(H2,13,14,17). The first-order chi connectivity index (χ1) is 9.01. The van der Waals surface area contributed by atoms with Crippen molar-refractivity contribution in [3.8, 4) is 0 Å². The average molecular weight is 308 g/mol. The van der Waals surface area contributed by atoms with Gasteiger partial charge in [-0.25, -0.2) is 13.2 Å². The maximum Gasteiger partial charge on any atom is 0.315 e. The summed E-state index contributed by atoms with van der Waals surface area (Å²) < 4.78 is 22.1. The van der Waals surface area contributed by atoms with Gasteiger partial charge in [0.2, 0.25) is 0 Å². The van der Waals surface area contributed by atoms with E-state index in [2.05, 4.69) is 10.6 Å². The second-order valence-electron chi connectivity index (χ2n) is 5.51. The van der Waals surface area contributed by atoms with Crippen LogP contribution >= 0.6 is 0 Å². The number of sulfone groups is 1. The first-order valence-corrected chi connectivity index (χ1v) is 8.52. The normalized spacial score (nSPS) is 14.7. The average Bonchev–Trinajstić information content (AvgIpc) is 2.20. The Morgan fingerprint density at radius 2 is 1.75 bits per heavy atom. The number of carboxylic acids is 1. The summed E-state index contributed by atoms with van der Waals surface area (Å²) in [7, 11) is -3.17. The molecule has 2 unspecified atom stereocenters.